The van der Waals surface area contributed by atoms with Crippen molar-refractivity contribution in [2.45, 2.75) is 13.3 Å². The molecule has 118 valence electrons. The number of halogens is 1. The maximum Gasteiger partial charge on any atom is 0.333 e. The molecule has 1 aromatic carbocycles. The lowest BCUT2D eigenvalue weighted by Crippen LogP contribution is -2.46. The molecule has 3 amide bonds. The molecule has 9 heteroatoms. The Morgan fingerprint density at radius 3 is 2.73 bits per heavy atom. The lowest BCUT2D eigenvalue weighted by Gasteiger charge is -2.06. The molecule has 0 heterocycles. The van der Waals surface area contributed by atoms with Crippen molar-refractivity contribution in [3.8, 4) is 0 Å². The monoisotopic (exact) mass is 326 g/mol. The Bertz CT molecular complexity index is 604. The van der Waals surface area contributed by atoms with Crippen LogP contribution in [0.3, 0.4) is 0 Å². The molecule has 3 N–H and O–H groups in total. The van der Waals surface area contributed by atoms with Gasteiger partial charge in [0.15, 0.2) is 0 Å². The van der Waals surface area contributed by atoms with Gasteiger partial charge in [0.25, 0.3) is 11.6 Å². The van der Waals surface area contributed by atoms with Crippen molar-refractivity contribution in [2.24, 2.45) is 0 Å². The first kappa shape index (κ1) is 17.4. The highest BCUT2D eigenvalue weighted by atomic mass is 35.5. The van der Waals surface area contributed by atoms with E-state index in [9.17, 15) is 19.7 Å². The van der Waals surface area contributed by atoms with Crippen molar-refractivity contribution < 1.29 is 14.5 Å². The molecular formula is C13H15ClN4O4. The Balaban J connectivity index is 2.57. The first-order valence-electron chi connectivity index (χ1n) is 6.40. The summed E-state index contributed by atoms with van der Waals surface area (Å²) in [6.07, 6.45) is 3.27. The van der Waals surface area contributed by atoms with Gasteiger partial charge in [-0.25, -0.2) is 10.2 Å². The Morgan fingerprint density at radius 2 is 2.09 bits per heavy atom. The standard InChI is InChI=1S/C13H15ClN4O4/c1-2-7-15-13(20)17-16-12(19)6-4-9-3-5-10(14)11(8-9)18(21)22/h3-6,8H,2,7H2,1H3,(H,16,19)(H2,15,17,20)/b6-4+. The average molecular weight is 327 g/mol. The fourth-order valence-electron chi connectivity index (χ4n) is 1.39. The zero-order valence-corrected chi connectivity index (χ0v) is 12.5. The molecule has 0 fully saturated rings. The van der Waals surface area contributed by atoms with Crippen molar-refractivity contribution in [1.29, 1.82) is 0 Å². The Morgan fingerprint density at radius 1 is 1.36 bits per heavy atom. The van der Waals surface area contributed by atoms with Gasteiger partial charge in [0.05, 0.1) is 4.92 Å². The molecule has 0 bridgehead atoms. The van der Waals surface area contributed by atoms with E-state index in [1.165, 1.54) is 24.3 Å². The quantitative estimate of drug-likeness (QED) is 0.436. The molecule has 0 saturated heterocycles. The SMILES string of the molecule is CCCNC(=O)NNC(=O)/C=C/c1ccc(Cl)c([N+](=O)[O-])c1. The van der Waals surface area contributed by atoms with Crippen molar-refractivity contribution in [3.63, 3.8) is 0 Å². The van der Waals surface area contributed by atoms with Crippen LogP contribution in [0.15, 0.2) is 24.3 Å². The number of nitro groups is 1. The zero-order valence-electron chi connectivity index (χ0n) is 11.8. The molecule has 1 rings (SSSR count). The molecule has 0 saturated carbocycles. The van der Waals surface area contributed by atoms with Crippen molar-refractivity contribution >= 4 is 35.3 Å². The molecule has 0 aliphatic rings. The normalized spacial score (nSPS) is 10.3. The van der Waals surface area contributed by atoms with Crippen LogP contribution in [-0.2, 0) is 4.79 Å². The van der Waals surface area contributed by atoms with Gasteiger partial charge in [-0.3, -0.25) is 20.3 Å². The van der Waals surface area contributed by atoms with Crippen LogP contribution in [0.2, 0.25) is 5.02 Å². The zero-order chi connectivity index (χ0) is 16.5. The van der Waals surface area contributed by atoms with Crippen molar-refractivity contribution in [2.75, 3.05) is 6.54 Å². The molecule has 0 aliphatic heterocycles. The van der Waals surface area contributed by atoms with E-state index in [1.54, 1.807) is 0 Å². The van der Waals surface area contributed by atoms with Gasteiger partial charge in [-0.1, -0.05) is 24.6 Å². The third-order valence-electron chi connectivity index (χ3n) is 2.43. The Labute approximate surface area is 131 Å². The van der Waals surface area contributed by atoms with Crippen LogP contribution in [0.5, 0.6) is 0 Å². The number of hydrazine groups is 1. The number of nitrogens with zero attached hydrogens (tertiary/aromatic N) is 1. The summed E-state index contributed by atoms with van der Waals surface area (Å²) < 4.78 is 0. The summed E-state index contributed by atoms with van der Waals surface area (Å²) in [6.45, 7) is 2.39. The van der Waals surface area contributed by atoms with E-state index in [1.807, 2.05) is 6.92 Å². The van der Waals surface area contributed by atoms with Crippen LogP contribution in [0.1, 0.15) is 18.9 Å². The van der Waals surface area contributed by atoms with Crippen molar-refractivity contribution in [3.05, 3.63) is 45.0 Å². The first-order chi connectivity index (χ1) is 10.4. The maximum atomic E-state index is 11.5. The van der Waals surface area contributed by atoms with E-state index >= 15 is 0 Å². The minimum absolute atomic E-state index is 0.0147. The van der Waals surface area contributed by atoms with Gasteiger partial charge >= 0.3 is 6.03 Å². The lowest BCUT2D eigenvalue weighted by molar-refractivity contribution is -0.384. The molecular weight excluding hydrogens is 312 g/mol. The predicted molar refractivity (Wildman–Crippen MR) is 82.1 cm³/mol. The molecule has 0 spiro atoms. The second-order valence-electron chi connectivity index (χ2n) is 4.17. The summed E-state index contributed by atoms with van der Waals surface area (Å²) in [5, 5.41) is 13.3. The number of carbonyl (C=O) groups is 2. The van der Waals surface area contributed by atoms with Crippen LogP contribution in [0.4, 0.5) is 10.5 Å². The average Bonchev–Trinajstić information content (AvgIpc) is 2.49. The van der Waals surface area contributed by atoms with Gasteiger partial charge in [0.2, 0.25) is 0 Å². The van der Waals surface area contributed by atoms with E-state index in [-0.39, 0.29) is 10.7 Å². The third kappa shape index (κ3) is 5.80. The number of rotatable bonds is 5. The van der Waals surface area contributed by atoms with Crippen molar-refractivity contribution in [1.82, 2.24) is 16.2 Å². The lowest BCUT2D eigenvalue weighted by atomic mass is 10.2. The van der Waals surface area contributed by atoms with Crippen LogP contribution in [0.25, 0.3) is 6.08 Å². The number of nitro benzene ring substituents is 1. The summed E-state index contributed by atoms with van der Waals surface area (Å²) in [5.41, 5.74) is 4.51. The van der Waals surface area contributed by atoms with Gasteiger partial charge in [0.1, 0.15) is 5.02 Å². The highest BCUT2D eigenvalue weighted by molar-refractivity contribution is 6.32. The second kappa shape index (κ2) is 8.63. The molecule has 1 aromatic rings. The molecule has 0 aromatic heterocycles. The highest BCUT2D eigenvalue weighted by Crippen LogP contribution is 2.25. The van der Waals surface area contributed by atoms with Gasteiger partial charge in [-0.15, -0.1) is 0 Å². The second-order valence-corrected chi connectivity index (χ2v) is 4.58. The minimum Gasteiger partial charge on any atom is -0.337 e. The molecule has 0 aliphatic carbocycles. The summed E-state index contributed by atoms with van der Waals surface area (Å²) in [6, 6.07) is 3.62. The van der Waals surface area contributed by atoms with Gasteiger partial charge in [0, 0.05) is 18.7 Å². The number of benzene rings is 1. The van der Waals surface area contributed by atoms with Crippen LogP contribution in [-0.4, -0.2) is 23.4 Å². The number of urea groups is 1. The fourth-order valence-corrected chi connectivity index (χ4v) is 1.57. The van der Waals surface area contributed by atoms with E-state index in [2.05, 4.69) is 16.2 Å². The number of hydrogen-bond donors (Lipinski definition) is 3. The van der Waals surface area contributed by atoms with E-state index in [0.717, 1.165) is 12.5 Å². The number of hydrogen-bond acceptors (Lipinski definition) is 4. The number of nitrogens with one attached hydrogen (secondary N) is 3. The minimum atomic E-state index is -0.612. The topological polar surface area (TPSA) is 113 Å². The number of carbonyl (C=O) groups excluding carboxylic acids is 2. The van der Waals surface area contributed by atoms with Gasteiger partial charge < -0.3 is 5.32 Å². The summed E-state index contributed by atoms with van der Waals surface area (Å²) in [4.78, 5) is 32.8. The maximum absolute atomic E-state index is 11.5. The molecule has 0 atom stereocenters. The summed E-state index contributed by atoms with van der Waals surface area (Å²) in [5.74, 6) is -0.579. The number of amides is 3. The summed E-state index contributed by atoms with van der Waals surface area (Å²) >= 11 is 5.68. The molecule has 0 radical (unpaired) electrons. The van der Waals surface area contributed by atoms with Gasteiger partial charge in [-0.2, -0.15) is 0 Å². The highest BCUT2D eigenvalue weighted by Gasteiger charge is 2.11. The van der Waals surface area contributed by atoms with Crippen LogP contribution < -0.4 is 16.2 Å². The fraction of sp³-hybridized carbons (Fsp3) is 0.231. The van der Waals surface area contributed by atoms with E-state index in [0.29, 0.717) is 12.1 Å². The van der Waals surface area contributed by atoms with Crippen LogP contribution >= 0.6 is 11.6 Å². The smallest absolute Gasteiger partial charge is 0.333 e. The Kier molecular flexibility index (Phi) is 6.84. The largest absolute Gasteiger partial charge is 0.337 e. The molecule has 8 nitrogen and oxygen atoms in total. The Hall–Kier alpha value is -2.61. The third-order valence-corrected chi connectivity index (χ3v) is 2.75. The molecule has 22 heavy (non-hydrogen) atoms. The van der Waals surface area contributed by atoms with Crippen LogP contribution in [0, 0.1) is 10.1 Å². The van der Waals surface area contributed by atoms with E-state index < -0.39 is 16.9 Å². The molecule has 0 unspecified atom stereocenters. The predicted octanol–water partition coefficient (Wildman–Crippen LogP) is 2.00. The summed E-state index contributed by atoms with van der Waals surface area (Å²) in [7, 11) is 0. The first-order valence-corrected chi connectivity index (χ1v) is 6.77. The van der Waals surface area contributed by atoms with E-state index in [4.69, 9.17) is 11.6 Å². The van der Waals surface area contributed by atoms with Gasteiger partial charge in [-0.05, 0) is 24.1 Å².